The molecule has 1 heterocycles. The van der Waals surface area contributed by atoms with Crippen LogP contribution in [-0.2, 0) is 17.9 Å². The van der Waals surface area contributed by atoms with Gasteiger partial charge in [-0.3, -0.25) is 14.2 Å². The monoisotopic (exact) mass is 443 g/mol. The highest BCUT2D eigenvalue weighted by Crippen LogP contribution is 2.24. The molecule has 1 amide bonds. The van der Waals surface area contributed by atoms with Gasteiger partial charge in [0, 0.05) is 18.6 Å². The molecule has 0 aliphatic rings. The molecule has 0 atom stereocenters. The van der Waals surface area contributed by atoms with Crippen LogP contribution in [0.5, 0.6) is 0 Å². The quantitative estimate of drug-likeness (QED) is 0.587. The van der Waals surface area contributed by atoms with Crippen molar-refractivity contribution in [3.05, 3.63) is 72.7 Å². The van der Waals surface area contributed by atoms with Crippen LogP contribution in [0.15, 0.2) is 41.5 Å². The van der Waals surface area contributed by atoms with Gasteiger partial charge in [0.05, 0.1) is 32.3 Å². The number of nitrogens with zero attached hydrogens (tertiary/aromatic N) is 3. The third-order valence-electron chi connectivity index (χ3n) is 3.98. The molecule has 3 aromatic rings. The fourth-order valence-electron chi connectivity index (χ4n) is 2.57. The van der Waals surface area contributed by atoms with Crippen LogP contribution in [0.2, 0.25) is 20.1 Å². The van der Waals surface area contributed by atoms with E-state index >= 15 is 0 Å². The van der Waals surface area contributed by atoms with E-state index < -0.39 is 0 Å². The summed E-state index contributed by atoms with van der Waals surface area (Å²) in [5.41, 5.74) is 0.780. The van der Waals surface area contributed by atoms with Crippen molar-refractivity contribution < 1.29 is 4.79 Å². The van der Waals surface area contributed by atoms with Gasteiger partial charge in [-0.15, -0.1) is 0 Å². The zero-order valence-corrected chi connectivity index (χ0v) is 17.1. The molecular weight excluding hydrogens is 432 g/mol. The van der Waals surface area contributed by atoms with E-state index in [2.05, 4.69) is 4.98 Å². The van der Waals surface area contributed by atoms with Crippen molar-refractivity contribution in [3.63, 3.8) is 0 Å². The zero-order valence-electron chi connectivity index (χ0n) is 14.0. The Bertz CT molecular complexity index is 1100. The molecule has 9 heteroatoms. The Kier molecular flexibility index (Phi) is 5.96. The first-order chi connectivity index (χ1) is 12.8. The molecule has 0 aliphatic heterocycles. The van der Waals surface area contributed by atoms with Gasteiger partial charge in [-0.25, -0.2) is 4.98 Å². The molecule has 2 aromatic carbocycles. The van der Waals surface area contributed by atoms with E-state index in [0.717, 1.165) is 5.56 Å². The average molecular weight is 445 g/mol. The first-order valence-corrected chi connectivity index (χ1v) is 9.29. The van der Waals surface area contributed by atoms with Gasteiger partial charge in [0.2, 0.25) is 5.91 Å². The summed E-state index contributed by atoms with van der Waals surface area (Å²) in [6.07, 6.45) is 1.30. The smallest absolute Gasteiger partial charge is 0.261 e. The molecule has 0 unspecified atom stereocenters. The maximum atomic E-state index is 12.6. The van der Waals surface area contributed by atoms with Gasteiger partial charge < -0.3 is 4.90 Å². The van der Waals surface area contributed by atoms with Gasteiger partial charge in [-0.2, -0.15) is 0 Å². The van der Waals surface area contributed by atoms with E-state index in [9.17, 15) is 9.59 Å². The van der Waals surface area contributed by atoms with Gasteiger partial charge in [0.15, 0.2) is 0 Å². The number of likely N-dealkylation sites (N-methyl/N-ethyl adjacent to an activating group) is 1. The van der Waals surface area contributed by atoms with Crippen molar-refractivity contribution in [1.82, 2.24) is 14.5 Å². The summed E-state index contributed by atoms with van der Waals surface area (Å²) in [7, 11) is 1.64. The van der Waals surface area contributed by atoms with Crippen molar-refractivity contribution in [2.45, 2.75) is 13.1 Å². The molecule has 140 valence electrons. The van der Waals surface area contributed by atoms with E-state index in [1.807, 2.05) is 0 Å². The number of halogens is 4. The fraction of sp³-hybridized carbons (Fsp3) is 0.167. The number of hydrogen-bond donors (Lipinski definition) is 0. The second-order valence-corrected chi connectivity index (χ2v) is 7.62. The molecule has 0 saturated carbocycles. The highest BCUT2D eigenvalue weighted by atomic mass is 35.5. The predicted molar refractivity (Wildman–Crippen MR) is 109 cm³/mol. The van der Waals surface area contributed by atoms with Gasteiger partial charge in [-0.1, -0.05) is 52.5 Å². The fourth-order valence-corrected chi connectivity index (χ4v) is 3.44. The van der Waals surface area contributed by atoms with Crippen LogP contribution in [-0.4, -0.2) is 27.4 Å². The molecule has 0 aliphatic carbocycles. The van der Waals surface area contributed by atoms with Crippen LogP contribution >= 0.6 is 46.4 Å². The molecule has 1 aromatic heterocycles. The van der Waals surface area contributed by atoms with Crippen LogP contribution < -0.4 is 5.56 Å². The van der Waals surface area contributed by atoms with E-state index in [1.165, 1.54) is 27.9 Å². The summed E-state index contributed by atoms with van der Waals surface area (Å²) < 4.78 is 1.22. The molecule has 5 nitrogen and oxygen atoms in total. The van der Waals surface area contributed by atoms with Gasteiger partial charge in [-0.05, 0) is 29.8 Å². The van der Waals surface area contributed by atoms with Crippen LogP contribution in [0.4, 0.5) is 0 Å². The normalized spacial score (nSPS) is 11.0. The third-order valence-corrected chi connectivity index (χ3v) is 5.23. The Morgan fingerprint density at radius 2 is 1.81 bits per heavy atom. The Morgan fingerprint density at radius 3 is 2.52 bits per heavy atom. The number of aromatic nitrogens is 2. The lowest BCUT2D eigenvalue weighted by Gasteiger charge is -2.18. The number of amides is 1. The van der Waals surface area contributed by atoms with Gasteiger partial charge in [0.1, 0.15) is 6.54 Å². The lowest BCUT2D eigenvalue weighted by molar-refractivity contribution is -0.131. The van der Waals surface area contributed by atoms with Crippen LogP contribution in [0, 0.1) is 0 Å². The summed E-state index contributed by atoms with van der Waals surface area (Å²) >= 11 is 23.9. The minimum atomic E-state index is -0.388. The van der Waals surface area contributed by atoms with Crippen molar-refractivity contribution in [2.24, 2.45) is 0 Å². The molecular formula is C18H13Cl4N3O2. The molecule has 3 rings (SSSR count). The summed E-state index contributed by atoms with van der Waals surface area (Å²) in [6.45, 7) is 0.160. The first kappa shape index (κ1) is 20.0. The zero-order chi connectivity index (χ0) is 19.7. The number of fused-ring (bicyclic) bond motifs is 1. The first-order valence-electron chi connectivity index (χ1n) is 7.78. The standard InChI is InChI=1S/C18H13Cl4N3O2/c1-24(7-10-2-3-13(20)14(21)4-10)16(26)8-25-9-23-17-12(18(25)27)5-11(19)6-15(17)22/h2-6,9H,7-8H2,1H3. The summed E-state index contributed by atoms with van der Waals surface area (Å²) in [4.78, 5) is 30.8. The number of rotatable bonds is 4. The van der Waals surface area contributed by atoms with Crippen LogP contribution in [0.3, 0.4) is 0 Å². The molecule has 0 N–H and O–H groups in total. The largest absolute Gasteiger partial charge is 0.340 e. The van der Waals surface area contributed by atoms with E-state index in [-0.39, 0.29) is 28.4 Å². The van der Waals surface area contributed by atoms with E-state index in [1.54, 1.807) is 25.2 Å². The molecule has 27 heavy (non-hydrogen) atoms. The Balaban J connectivity index is 1.81. The number of hydrogen-bond acceptors (Lipinski definition) is 3. The summed E-state index contributed by atoms with van der Waals surface area (Å²) in [5.74, 6) is -0.266. The van der Waals surface area contributed by atoms with Crippen molar-refractivity contribution in [1.29, 1.82) is 0 Å². The second kappa shape index (κ2) is 8.07. The molecule has 0 spiro atoms. The molecule has 0 bridgehead atoms. The minimum absolute atomic E-state index is 0.163. The predicted octanol–water partition coefficient (Wildman–Crippen LogP) is 4.67. The van der Waals surface area contributed by atoms with E-state index in [4.69, 9.17) is 46.4 Å². The lowest BCUT2D eigenvalue weighted by atomic mass is 10.2. The maximum absolute atomic E-state index is 12.6. The Morgan fingerprint density at radius 1 is 1.07 bits per heavy atom. The topological polar surface area (TPSA) is 55.2 Å². The molecule has 0 radical (unpaired) electrons. The maximum Gasteiger partial charge on any atom is 0.261 e. The Hall–Kier alpha value is -1.79. The van der Waals surface area contributed by atoms with Gasteiger partial charge in [0.25, 0.3) is 5.56 Å². The summed E-state index contributed by atoms with van der Waals surface area (Å²) in [6, 6.07) is 8.15. The SMILES string of the molecule is CN(Cc1ccc(Cl)c(Cl)c1)C(=O)Cn1cnc2c(Cl)cc(Cl)cc2c1=O. The van der Waals surface area contributed by atoms with Crippen LogP contribution in [0.25, 0.3) is 10.9 Å². The molecule has 0 fully saturated rings. The van der Waals surface area contributed by atoms with E-state index in [0.29, 0.717) is 27.1 Å². The highest BCUT2D eigenvalue weighted by molar-refractivity contribution is 6.42. The molecule has 0 saturated heterocycles. The van der Waals surface area contributed by atoms with Crippen molar-refractivity contribution in [2.75, 3.05) is 7.05 Å². The number of benzene rings is 2. The van der Waals surface area contributed by atoms with Crippen molar-refractivity contribution >= 4 is 63.2 Å². The van der Waals surface area contributed by atoms with Crippen LogP contribution in [0.1, 0.15) is 5.56 Å². The lowest BCUT2D eigenvalue weighted by Crippen LogP contribution is -2.33. The average Bonchev–Trinajstić information content (AvgIpc) is 2.60. The van der Waals surface area contributed by atoms with Gasteiger partial charge >= 0.3 is 0 Å². The second-order valence-electron chi connectivity index (χ2n) is 5.96. The third kappa shape index (κ3) is 4.38. The minimum Gasteiger partial charge on any atom is -0.340 e. The van der Waals surface area contributed by atoms with Crippen molar-refractivity contribution in [3.8, 4) is 0 Å². The highest BCUT2D eigenvalue weighted by Gasteiger charge is 2.14. The number of carbonyl (C=O) groups is 1. The Labute approximate surface area is 175 Å². The summed E-state index contributed by atoms with van der Waals surface area (Å²) in [5, 5.41) is 1.73. The number of carbonyl (C=O) groups excluding carboxylic acids is 1.